The van der Waals surface area contributed by atoms with Crippen LogP contribution in [-0.2, 0) is 14.3 Å². The molecule has 0 spiro atoms. The fraction of sp³-hybridized carbons (Fsp3) is 0.714. The van der Waals surface area contributed by atoms with Gasteiger partial charge < -0.3 is 4.74 Å². The summed E-state index contributed by atoms with van der Waals surface area (Å²) >= 11 is 0. The second-order valence-electron chi connectivity index (χ2n) is 5.50. The third-order valence-corrected chi connectivity index (χ3v) is 4.57. The zero-order valence-corrected chi connectivity index (χ0v) is 10.8. The summed E-state index contributed by atoms with van der Waals surface area (Å²) in [7, 11) is 1.44. The lowest BCUT2D eigenvalue weighted by molar-refractivity contribution is -0.151. The first-order valence-electron chi connectivity index (χ1n) is 6.29. The summed E-state index contributed by atoms with van der Waals surface area (Å²) in [5.74, 6) is 0.366. The van der Waals surface area contributed by atoms with E-state index in [0.29, 0.717) is 5.92 Å². The highest BCUT2D eigenvalue weighted by Gasteiger charge is 2.50. The zero-order valence-electron chi connectivity index (χ0n) is 10.8. The van der Waals surface area contributed by atoms with Crippen LogP contribution in [0.15, 0.2) is 11.6 Å². The molecule has 0 aromatic heterocycles. The van der Waals surface area contributed by atoms with Crippen molar-refractivity contribution in [2.75, 3.05) is 7.11 Å². The minimum atomic E-state index is -0.174. The molecular weight excluding hydrogens is 216 g/mol. The summed E-state index contributed by atoms with van der Waals surface area (Å²) in [6, 6.07) is 0. The molecule has 0 aliphatic heterocycles. The number of Topliss-reactive ketones (excluding diaryl/α,β-unsaturated/α-hetero) is 1. The molecule has 0 aromatic carbocycles. The monoisotopic (exact) mass is 236 g/mol. The van der Waals surface area contributed by atoms with Crippen LogP contribution in [0.1, 0.15) is 39.5 Å². The molecule has 0 N–H and O–H groups in total. The summed E-state index contributed by atoms with van der Waals surface area (Å²) in [5.41, 5.74) is 0.722. The first-order chi connectivity index (χ1) is 7.99. The molecule has 2 aliphatic rings. The molecule has 3 nitrogen and oxygen atoms in total. The van der Waals surface area contributed by atoms with Crippen molar-refractivity contribution in [3.63, 3.8) is 0 Å². The highest BCUT2D eigenvalue weighted by Crippen LogP contribution is 2.53. The van der Waals surface area contributed by atoms with Gasteiger partial charge in [0, 0.05) is 5.41 Å². The number of methoxy groups -OCH3 is 1. The largest absolute Gasteiger partial charge is 0.469 e. The lowest BCUT2D eigenvalue weighted by atomic mass is 9.63. The van der Waals surface area contributed by atoms with Gasteiger partial charge in [-0.15, -0.1) is 0 Å². The van der Waals surface area contributed by atoms with E-state index in [4.69, 9.17) is 4.74 Å². The summed E-state index contributed by atoms with van der Waals surface area (Å²) < 4.78 is 4.91. The van der Waals surface area contributed by atoms with Crippen LogP contribution in [0, 0.1) is 17.3 Å². The van der Waals surface area contributed by atoms with Crippen LogP contribution < -0.4 is 0 Å². The molecular formula is C14H20O3. The third-order valence-electron chi connectivity index (χ3n) is 4.57. The third kappa shape index (κ3) is 1.92. The van der Waals surface area contributed by atoms with E-state index in [-0.39, 0.29) is 23.1 Å². The Morgan fingerprint density at radius 2 is 2.12 bits per heavy atom. The van der Waals surface area contributed by atoms with Crippen molar-refractivity contribution < 1.29 is 14.3 Å². The van der Waals surface area contributed by atoms with Gasteiger partial charge in [0.25, 0.3) is 0 Å². The van der Waals surface area contributed by atoms with Gasteiger partial charge in [0.1, 0.15) is 0 Å². The molecule has 17 heavy (non-hydrogen) atoms. The van der Waals surface area contributed by atoms with Crippen molar-refractivity contribution in [2.45, 2.75) is 39.5 Å². The summed E-state index contributed by atoms with van der Waals surface area (Å²) in [5, 5.41) is 0. The van der Waals surface area contributed by atoms with E-state index in [0.717, 1.165) is 31.3 Å². The fourth-order valence-corrected chi connectivity index (χ4v) is 3.47. The first-order valence-corrected chi connectivity index (χ1v) is 6.29. The van der Waals surface area contributed by atoms with Gasteiger partial charge in [-0.3, -0.25) is 9.59 Å². The molecule has 3 heteroatoms. The van der Waals surface area contributed by atoms with Gasteiger partial charge in [0.15, 0.2) is 5.78 Å². The normalized spacial score (nSPS) is 36.1. The Bertz CT molecular complexity index is 383. The Morgan fingerprint density at radius 1 is 1.41 bits per heavy atom. The molecule has 0 heterocycles. The maximum atomic E-state index is 11.9. The second-order valence-corrected chi connectivity index (χ2v) is 5.50. The average Bonchev–Trinajstić information content (AvgIpc) is 2.65. The van der Waals surface area contributed by atoms with Crippen LogP contribution >= 0.6 is 0 Å². The van der Waals surface area contributed by atoms with Gasteiger partial charge in [-0.1, -0.05) is 19.4 Å². The fourth-order valence-electron chi connectivity index (χ4n) is 3.47. The predicted molar refractivity (Wildman–Crippen MR) is 64.3 cm³/mol. The Kier molecular flexibility index (Phi) is 3.11. The molecule has 1 fully saturated rings. The number of hydrogen-bond donors (Lipinski definition) is 0. The van der Waals surface area contributed by atoms with Gasteiger partial charge in [0.2, 0.25) is 0 Å². The summed E-state index contributed by atoms with van der Waals surface area (Å²) in [6.45, 7) is 3.72. The van der Waals surface area contributed by atoms with Crippen molar-refractivity contribution in [1.82, 2.24) is 0 Å². The van der Waals surface area contributed by atoms with E-state index in [9.17, 15) is 9.59 Å². The molecule has 0 aromatic rings. The smallest absolute Gasteiger partial charge is 0.309 e. The quantitative estimate of drug-likeness (QED) is 0.692. The number of ketones is 1. The van der Waals surface area contributed by atoms with Crippen LogP contribution in [-0.4, -0.2) is 18.9 Å². The zero-order chi connectivity index (χ0) is 12.6. The number of ether oxygens (including phenoxy) is 1. The maximum Gasteiger partial charge on any atom is 0.309 e. The lowest BCUT2D eigenvalue weighted by Crippen LogP contribution is -2.39. The van der Waals surface area contributed by atoms with Gasteiger partial charge in [-0.25, -0.2) is 0 Å². The van der Waals surface area contributed by atoms with Crippen LogP contribution in [0.4, 0.5) is 0 Å². The molecule has 94 valence electrons. The number of carbonyl (C=O) groups excluding carboxylic acids is 2. The standard InChI is InChI=1S/C14H20O3/c1-9(15)10-7-11-5-4-6-12(13(16)17-3)14(11,2)8-10/h8,11-12H,4-7H2,1-3H3/t11-,12-,14+/m1/s1. The average molecular weight is 236 g/mol. The van der Waals surface area contributed by atoms with Crippen LogP contribution in [0.5, 0.6) is 0 Å². The maximum absolute atomic E-state index is 11.9. The number of esters is 1. The molecule has 1 saturated carbocycles. The number of allylic oxidation sites excluding steroid dienone is 2. The highest BCUT2D eigenvalue weighted by atomic mass is 16.5. The lowest BCUT2D eigenvalue weighted by Gasteiger charge is -2.41. The molecule has 0 bridgehead atoms. The van der Waals surface area contributed by atoms with E-state index < -0.39 is 0 Å². The molecule has 2 rings (SSSR count). The van der Waals surface area contributed by atoms with E-state index in [1.165, 1.54) is 7.11 Å². The van der Waals surface area contributed by atoms with Gasteiger partial charge in [-0.05, 0) is 37.7 Å². The number of carbonyl (C=O) groups is 2. The molecule has 0 saturated heterocycles. The number of fused-ring (bicyclic) bond motifs is 1. The minimum absolute atomic E-state index is 0.0805. The van der Waals surface area contributed by atoms with E-state index >= 15 is 0 Å². The van der Waals surface area contributed by atoms with E-state index in [1.807, 2.05) is 6.08 Å². The first kappa shape index (κ1) is 12.3. The van der Waals surface area contributed by atoms with E-state index in [1.54, 1.807) is 6.92 Å². The van der Waals surface area contributed by atoms with Crippen molar-refractivity contribution in [2.24, 2.45) is 17.3 Å². The SMILES string of the molecule is COC(=O)[C@H]1CCC[C@@H]2CC(C(C)=O)=C[C@@]21C. The van der Waals surface area contributed by atoms with Crippen LogP contribution in [0.3, 0.4) is 0 Å². The van der Waals surface area contributed by atoms with Gasteiger partial charge in [0.05, 0.1) is 13.0 Å². The van der Waals surface area contributed by atoms with Gasteiger partial charge >= 0.3 is 5.97 Å². The molecule has 0 radical (unpaired) electrons. The molecule has 0 amide bonds. The van der Waals surface area contributed by atoms with Crippen LogP contribution in [0.25, 0.3) is 0 Å². The van der Waals surface area contributed by atoms with Crippen molar-refractivity contribution in [3.05, 3.63) is 11.6 Å². The molecule has 3 atom stereocenters. The summed E-state index contributed by atoms with van der Waals surface area (Å²) in [4.78, 5) is 23.3. The predicted octanol–water partition coefficient (Wildman–Crippen LogP) is 2.50. The Labute approximate surface area is 102 Å². The summed E-state index contributed by atoms with van der Waals surface area (Å²) in [6.07, 6.45) is 5.91. The topological polar surface area (TPSA) is 43.4 Å². The van der Waals surface area contributed by atoms with E-state index in [2.05, 4.69) is 6.92 Å². The van der Waals surface area contributed by atoms with Crippen molar-refractivity contribution >= 4 is 11.8 Å². The Balaban J connectivity index is 2.32. The highest BCUT2D eigenvalue weighted by molar-refractivity contribution is 5.94. The number of rotatable bonds is 2. The van der Waals surface area contributed by atoms with Gasteiger partial charge in [-0.2, -0.15) is 0 Å². The Morgan fingerprint density at radius 3 is 2.71 bits per heavy atom. The molecule has 2 aliphatic carbocycles. The van der Waals surface area contributed by atoms with Crippen LogP contribution in [0.2, 0.25) is 0 Å². The number of hydrogen-bond acceptors (Lipinski definition) is 3. The molecule has 0 unspecified atom stereocenters. The second kappa shape index (κ2) is 4.28. The van der Waals surface area contributed by atoms with Crippen molar-refractivity contribution in [3.8, 4) is 0 Å². The van der Waals surface area contributed by atoms with Crippen molar-refractivity contribution in [1.29, 1.82) is 0 Å². The Hall–Kier alpha value is -1.12. The minimum Gasteiger partial charge on any atom is -0.469 e.